The van der Waals surface area contributed by atoms with Gasteiger partial charge in [0.2, 0.25) is 0 Å². The predicted octanol–water partition coefficient (Wildman–Crippen LogP) is 1.12. The second-order valence-corrected chi connectivity index (χ2v) is 3.48. The van der Waals surface area contributed by atoms with E-state index >= 15 is 0 Å². The van der Waals surface area contributed by atoms with E-state index in [1.54, 1.807) is 0 Å². The molecule has 0 aliphatic heterocycles. The second-order valence-electron chi connectivity index (χ2n) is 2.29. The summed E-state index contributed by atoms with van der Waals surface area (Å²) in [6.07, 6.45) is 3.77. The second kappa shape index (κ2) is 5.51. The van der Waals surface area contributed by atoms with Crippen molar-refractivity contribution < 1.29 is 13.0 Å². The van der Waals surface area contributed by atoms with Crippen LogP contribution in [0.2, 0.25) is 0 Å². The number of hydrogen-bond donors (Lipinski definition) is 2. The summed E-state index contributed by atoms with van der Waals surface area (Å²) in [6.45, 7) is 3.42. The quantitative estimate of drug-likeness (QED) is 0.475. The molecule has 0 heterocycles. The molecular formula is C6H14NO3S. The van der Waals surface area contributed by atoms with Crippen LogP contribution in [0.25, 0.3) is 0 Å². The van der Waals surface area contributed by atoms with E-state index in [1.807, 2.05) is 4.72 Å². The summed E-state index contributed by atoms with van der Waals surface area (Å²) in [5.41, 5.74) is 0. The van der Waals surface area contributed by atoms with Gasteiger partial charge in [-0.05, 0) is 6.42 Å². The fourth-order valence-electron chi connectivity index (χ4n) is 0.661. The van der Waals surface area contributed by atoms with Crippen molar-refractivity contribution >= 4 is 10.3 Å². The van der Waals surface area contributed by atoms with Gasteiger partial charge in [0.25, 0.3) is 0 Å². The molecule has 0 bridgehead atoms. The molecule has 1 radical (unpaired) electrons. The van der Waals surface area contributed by atoms with Crippen molar-refractivity contribution in [1.29, 1.82) is 0 Å². The molecule has 67 valence electrons. The van der Waals surface area contributed by atoms with Crippen molar-refractivity contribution in [3.8, 4) is 0 Å². The van der Waals surface area contributed by atoms with Crippen LogP contribution >= 0.6 is 0 Å². The van der Waals surface area contributed by atoms with E-state index in [1.165, 1.54) is 6.54 Å². The summed E-state index contributed by atoms with van der Waals surface area (Å²) < 4.78 is 30.2. The Balaban J connectivity index is 3.16. The van der Waals surface area contributed by atoms with Crippen LogP contribution in [0.3, 0.4) is 0 Å². The zero-order valence-corrected chi connectivity index (χ0v) is 7.39. The fourth-order valence-corrected chi connectivity index (χ4v) is 0.989. The molecule has 0 saturated carbocycles. The van der Waals surface area contributed by atoms with Crippen LogP contribution in [0.1, 0.15) is 32.6 Å². The Labute approximate surface area is 67.9 Å². The lowest BCUT2D eigenvalue weighted by Gasteiger charge is -1.98. The molecule has 0 aromatic heterocycles. The van der Waals surface area contributed by atoms with E-state index in [-0.39, 0.29) is 0 Å². The highest BCUT2D eigenvalue weighted by Crippen LogP contribution is 1.99. The summed E-state index contributed by atoms with van der Waals surface area (Å²) in [7, 11) is -4.02. The maximum Gasteiger partial charge on any atom is 0.333 e. The minimum Gasteiger partial charge on any atom is -0.273 e. The molecule has 0 unspecified atom stereocenters. The van der Waals surface area contributed by atoms with Crippen LogP contribution in [-0.4, -0.2) is 13.0 Å². The summed E-state index contributed by atoms with van der Waals surface area (Å²) in [5.74, 6) is 0. The lowest BCUT2D eigenvalue weighted by atomic mass is 10.2. The fraction of sp³-hybridized carbons (Fsp3) is 0.833. The van der Waals surface area contributed by atoms with Crippen LogP contribution in [0.4, 0.5) is 0 Å². The van der Waals surface area contributed by atoms with Crippen molar-refractivity contribution in [3.63, 3.8) is 0 Å². The lowest BCUT2D eigenvalue weighted by Crippen LogP contribution is -2.19. The standard InChI is InChI=1S/C6H14NO3S/c1-2-3-4-5-6-7-11(8,9)10/h6-7H,2-5H2,1H3,(H,8,9,10). The van der Waals surface area contributed by atoms with Gasteiger partial charge in [-0.15, -0.1) is 0 Å². The molecule has 2 N–H and O–H groups in total. The van der Waals surface area contributed by atoms with Crippen molar-refractivity contribution in [2.24, 2.45) is 0 Å². The van der Waals surface area contributed by atoms with Crippen LogP contribution in [0.15, 0.2) is 0 Å². The Morgan fingerprint density at radius 3 is 2.55 bits per heavy atom. The molecule has 0 rings (SSSR count). The van der Waals surface area contributed by atoms with E-state index in [4.69, 9.17) is 4.55 Å². The minimum absolute atomic E-state index is 0.660. The molecule has 0 aliphatic carbocycles. The molecule has 0 aromatic rings. The highest BCUT2D eigenvalue weighted by atomic mass is 32.2. The third-order valence-electron chi connectivity index (χ3n) is 1.18. The van der Waals surface area contributed by atoms with Gasteiger partial charge in [0, 0.05) is 6.54 Å². The summed E-state index contributed by atoms with van der Waals surface area (Å²) in [6, 6.07) is 0. The zero-order valence-electron chi connectivity index (χ0n) is 6.58. The highest BCUT2D eigenvalue weighted by molar-refractivity contribution is 7.83. The topological polar surface area (TPSA) is 66.4 Å². The molecule has 5 heteroatoms. The maximum absolute atomic E-state index is 10.1. The average Bonchev–Trinajstić information content (AvgIpc) is 1.85. The third kappa shape index (κ3) is 9.87. The Bertz CT molecular complexity index is 176. The summed E-state index contributed by atoms with van der Waals surface area (Å²) in [5, 5.41) is 0. The molecule has 0 spiro atoms. The number of rotatable bonds is 6. The molecule has 0 fully saturated rings. The van der Waals surface area contributed by atoms with Crippen LogP contribution < -0.4 is 4.72 Å². The first-order valence-corrected chi connectivity index (χ1v) is 5.06. The first kappa shape index (κ1) is 10.9. The monoisotopic (exact) mass is 180 g/mol. The Morgan fingerprint density at radius 1 is 1.45 bits per heavy atom. The molecular weight excluding hydrogens is 166 g/mol. The van der Waals surface area contributed by atoms with Crippen molar-refractivity contribution in [1.82, 2.24) is 4.72 Å². The number of unbranched alkanes of at least 4 members (excludes halogenated alkanes) is 3. The normalized spacial score (nSPS) is 11.8. The van der Waals surface area contributed by atoms with E-state index in [9.17, 15) is 8.42 Å². The third-order valence-corrected chi connectivity index (χ3v) is 1.65. The van der Waals surface area contributed by atoms with Gasteiger partial charge in [0.1, 0.15) is 0 Å². The number of nitrogens with one attached hydrogen (secondary N) is 1. The summed E-state index contributed by atoms with van der Waals surface area (Å²) >= 11 is 0. The zero-order chi connectivity index (χ0) is 8.74. The van der Waals surface area contributed by atoms with Gasteiger partial charge in [0.05, 0.1) is 0 Å². The van der Waals surface area contributed by atoms with Crippen molar-refractivity contribution in [3.05, 3.63) is 6.54 Å². The van der Waals surface area contributed by atoms with Crippen LogP contribution in [0.5, 0.6) is 0 Å². The SMILES string of the molecule is CCCCC[CH]NS(=O)(=O)O. The molecule has 0 saturated heterocycles. The first-order chi connectivity index (χ1) is 5.06. The van der Waals surface area contributed by atoms with Gasteiger partial charge < -0.3 is 0 Å². The average molecular weight is 180 g/mol. The van der Waals surface area contributed by atoms with Gasteiger partial charge >= 0.3 is 10.3 Å². The lowest BCUT2D eigenvalue weighted by molar-refractivity contribution is 0.471. The molecule has 0 aromatic carbocycles. The van der Waals surface area contributed by atoms with Gasteiger partial charge in [-0.2, -0.15) is 13.1 Å². The molecule has 11 heavy (non-hydrogen) atoms. The van der Waals surface area contributed by atoms with Crippen LogP contribution in [0, 0.1) is 6.54 Å². The largest absolute Gasteiger partial charge is 0.333 e. The maximum atomic E-state index is 10.1. The molecule has 0 aliphatic rings. The van der Waals surface area contributed by atoms with Crippen LogP contribution in [-0.2, 0) is 10.3 Å². The van der Waals surface area contributed by atoms with E-state index in [0.717, 1.165) is 19.3 Å². The van der Waals surface area contributed by atoms with E-state index in [2.05, 4.69) is 6.92 Å². The summed E-state index contributed by atoms with van der Waals surface area (Å²) in [4.78, 5) is 0. The van der Waals surface area contributed by atoms with Gasteiger partial charge in [-0.25, -0.2) is 0 Å². The van der Waals surface area contributed by atoms with E-state index in [0.29, 0.717) is 6.42 Å². The van der Waals surface area contributed by atoms with Gasteiger partial charge in [-0.1, -0.05) is 26.2 Å². The van der Waals surface area contributed by atoms with Crippen molar-refractivity contribution in [2.45, 2.75) is 32.6 Å². The Morgan fingerprint density at radius 2 is 2.09 bits per heavy atom. The highest BCUT2D eigenvalue weighted by Gasteiger charge is 2.00. The number of hydrogen-bond acceptors (Lipinski definition) is 2. The van der Waals surface area contributed by atoms with E-state index < -0.39 is 10.3 Å². The van der Waals surface area contributed by atoms with Gasteiger partial charge in [-0.3, -0.25) is 4.55 Å². The predicted molar refractivity (Wildman–Crippen MR) is 43.1 cm³/mol. The minimum atomic E-state index is -4.02. The molecule has 0 atom stereocenters. The smallest absolute Gasteiger partial charge is 0.273 e. The van der Waals surface area contributed by atoms with Crippen molar-refractivity contribution in [2.75, 3.05) is 0 Å². The Kier molecular flexibility index (Phi) is 5.45. The van der Waals surface area contributed by atoms with Gasteiger partial charge in [0.15, 0.2) is 0 Å². The molecule has 4 nitrogen and oxygen atoms in total. The Hall–Kier alpha value is -0.130. The molecule has 0 amide bonds. The first-order valence-electron chi connectivity index (χ1n) is 3.62.